The lowest BCUT2D eigenvalue weighted by Gasteiger charge is -2.03. The number of allylic oxidation sites excluding steroid dienone is 2. The summed E-state index contributed by atoms with van der Waals surface area (Å²) >= 11 is 0. The van der Waals surface area contributed by atoms with Crippen LogP contribution in [0.3, 0.4) is 0 Å². The van der Waals surface area contributed by atoms with Gasteiger partial charge in [-0.15, -0.1) is 0 Å². The maximum absolute atomic E-state index is 5.91. The number of hydrogen-bond acceptors (Lipinski definition) is 3. The molecule has 0 unspecified atom stereocenters. The molecule has 2 rings (SSSR count). The molecule has 0 fully saturated rings. The molecule has 0 spiro atoms. The molecule has 0 amide bonds. The summed E-state index contributed by atoms with van der Waals surface area (Å²) in [6.45, 7) is 0. The van der Waals surface area contributed by atoms with Gasteiger partial charge < -0.3 is 16.2 Å². The molecule has 0 bridgehead atoms. The van der Waals surface area contributed by atoms with Crippen LogP contribution in [0.4, 0.5) is 0 Å². The summed E-state index contributed by atoms with van der Waals surface area (Å²) in [5.41, 5.74) is 15.4. The number of hydrogen-bond donors (Lipinski definition) is 2. The standard InChI is InChI=1S/C18H20N2O/c19-17(11-15-7-3-1-4-8-15)13-21-14-18(20)12-16-9-5-2-6-10-16/h1-10,13-14H,11-12,19-20H2. The summed E-state index contributed by atoms with van der Waals surface area (Å²) in [5, 5.41) is 0. The number of benzene rings is 2. The van der Waals surface area contributed by atoms with Crippen molar-refractivity contribution in [1.82, 2.24) is 0 Å². The maximum Gasteiger partial charge on any atom is 0.109 e. The summed E-state index contributed by atoms with van der Waals surface area (Å²) < 4.78 is 5.33. The molecule has 0 heterocycles. The summed E-state index contributed by atoms with van der Waals surface area (Å²) in [6.07, 6.45) is 4.39. The van der Waals surface area contributed by atoms with Crippen molar-refractivity contribution in [2.45, 2.75) is 12.8 Å². The molecule has 108 valence electrons. The van der Waals surface area contributed by atoms with Gasteiger partial charge in [0.05, 0.1) is 0 Å². The normalized spacial score (nSPS) is 12.2. The molecule has 0 aliphatic carbocycles. The van der Waals surface area contributed by atoms with Gasteiger partial charge in [-0.3, -0.25) is 0 Å². The van der Waals surface area contributed by atoms with Gasteiger partial charge in [-0.05, 0) is 11.1 Å². The van der Waals surface area contributed by atoms with Gasteiger partial charge in [-0.25, -0.2) is 0 Å². The van der Waals surface area contributed by atoms with Gasteiger partial charge in [0.25, 0.3) is 0 Å². The lowest BCUT2D eigenvalue weighted by molar-refractivity contribution is 0.390. The Balaban J connectivity index is 1.84. The maximum atomic E-state index is 5.91. The van der Waals surface area contributed by atoms with Crippen LogP contribution < -0.4 is 11.5 Å². The Morgan fingerprint density at radius 3 is 1.48 bits per heavy atom. The monoisotopic (exact) mass is 280 g/mol. The molecule has 3 heteroatoms. The quantitative estimate of drug-likeness (QED) is 0.799. The van der Waals surface area contributed by atoms with Crippen LogP contribution in [0.5, 0.6) is 0 Å². The van der Waals surface area contributed by atoms with Gasteiger partial charge in [-0.1, -0.05) is 60.7 Å². The van der Waals surface area contributed by atoms with E-state index in [4.69, 9.17) is 16.2 Å². The summed E-state index contributed by atoms with van der Waals surface area (Å²) in [4.78, 5) is 0. The fourth-order valence-electron chi connectivity index (χ4n) is 1.96. The molecule has 0 atom stereocenters. The Hall–Kier alpha value is -2.68. The zero-order valence-electron chi connectivity index (χ0n) is 11.9. The first kappa shape index (κ1) is 14.7. The second kappa shape index (κ2) is 7.80. The van der Waals surface area contributed by atoms with E-state index in [1.165, 1.54) is 12.5 Å². The first-order valence-corrected chi connectivity index (χ1v) is 6.86. The smallest absolute Gasteiger partial charge is 0.109 e. The van der Waals surface area contributed by atoms with E-state index in [9.17, 15) is 0 Å². The SMILES string of the molecule is NC(=COC=C(N)Cc1ccccc1)Cc1ccccc1. The van der Waals surface area contributed by atoms with Crippen LogP contribution in [-0.2, 0) is 17.6 Å². The van der Waals surface area contributed by atoms with Gasteiger partial charge in [0, 0.05) is 24.2 Å². The molecule has 0 radical (unpaired) electrons. The molecule has 0 aliphatic heterocycles. The highest BCUT2D eigenvalue weighted by Crippen LogP contribution is 2.06. The summed E-state index contributed by atoms with van der Waals surface area (Å²) in [7, 11) is 0. The molecular weight excluding hydrogens is 260 g/mol. The van der Waals surface area contributed by atoms with Crippen molar-refractivity contribution in [2.75, 3.05) is 0 Å². The van der Waals surface area contributed by atoms with E-state index in [2.05, 4.69) is 0 Å². The third-order valence-electron chi connectivity index (χ3n) is 2.94. The van der Waals surface area contributed by atoms with Crippen molar-refractivity contribution < 1.29 is 4.74 Å². The highest BCUT2D eigenvalue weighted by molar-refractivity contribution is 5.21. The molecule has 4 N–H and O–H groups in total. The average molecular weight is 280 g/mol. The first-order valence-electron chi connectivity index (χ1n) is 6.86. The predicted molar refractivity (Wildman–Crippen MR) is 85.9 cm³/mol. The second-order valence-electron chi connectivity index (χ2n) is 4.85. The van der Waals surface area contributed by atoms with E-state index in [0.717, 1.165) is 11.1 Å². The minimum absolute atomic E-state index is 0.657. The van der Waals surface area contributed by atoms with Crippen LogP contribution in [0.2, 0.25) is 0 Å². The van der Waals surface area contributed by atoms with Crippen molar-refractivity contribution >= 4 is 0 Å². The summed E-state index contributed by atoms with van der Waals surface area (Å²) in [6, 6.07) is 20.0. The van der Waals surface area contributed by atoms with Gasteiger partial charge in [0.2, 0.25) is 0 Å². The second-order valence-corrected chi connectivity index (χ2v) is 4.85. The molecule has 0 saturated heterocycles. The van der Waals surface area contributed by atoms with Crippen molar-refractivity contribution in [3.63, 3.8) is 0 Å². The Kier molecular flexibility index (Phi) is 5.47. The van der Waals surface area contributed by atoms with Crippen molar-refractivity contribution in [2.24, 2.45) is 11.5 Å². The Morgan fingerprint density at radius 1 is 0.714 bits per heavy atom. The predicted octanol–water partition coefficient (Wildman–Crippen LogP) is 3.09. The zero-order valence-corrected chi connectivity index (χ0v) is 11.9. The first-order chi connectivity index (χ1) is 10.2. The van der Waals surface area contributed by atoms with Gasteiger partial charge >= 0.3 is 0 Å². The third kappa shape index (κ3) is 5.45. The number of rotatable bonds is 6. The van der Waals surface area contributed by atoms with E-state index in [0.29, 0.717) is 24.2 Å². The fraction of sp³-hybridized carbons (Fsp3) is 0.111. The minimum Gasteiger partial charge on any atom is -0.469 e. The summed E-state index contributed by atoms with van der Waals surface area (Å²) in [5.74, 6) is 0. The molecule has 0 aliphatic rings. The average Bonchev–Trinajstić information content (AvgIpc) is 2.49. The highest BCUT2D eigenvalue weighted by atomic mass is 16.5. The highest BCUT2D eigenvalue weighted by Gasteiger charge is 1.96. The van der Waals surface area contributed by atoms with E-state index in [1.807, 2.05) is 60.7 Å². The molecule has 2 aromatic rings. The van der Waals surface area contributed by atoms with E-state index < -0.39 is 0 Å². The molecule has 3 nitrogen and oxygen atoms in total. The largest absolute Gasteiger partial charge is 0.469 e. The van der Waals surface area contributed by atoms with Gasteiger partial charge in [0.15, 0.2) is 0 Å². The molecule has 2 aromatic carbocycles. The van der Waals surface area contributed by atoms with Crippen molar-refractivity contribution in [3.8, 4) is 0 Å². The molecule has 21 heavy (non-hydrogen) atoms. The van der Waals surface area contributed by atoms with E-state index >= 15 is 0 Å². The molecular formula is C18H20N2O. The van der Waals surface area contributed by atoms with Crippen LogP contribution in [0, 0.1) is 0 Å². The zero-order chi connectivity index (χ0) is 14.9. The topological polar surface area (TPSA) is 61.3 Å². The van der Waals surface area contributed by atoms with Crippen LogP contribution in [0.1, 0.15) is 11.1 Å². The number of nitrogens with two attached hydrogens (primary N) is 2. The Morgan fingerprint density at radius 2 is 1.10 bits per heavy atom. The van der Waals surface area contributed by atoms with Crippen LogP contribution in [0.25, 0.3) is 0 Å². The van der Waals surface area contributed by atoms with Gasteiger partial charge in [0.1, 0.15) is 12.5 Å². The van der Waals surface area contributed by atoms with Crippen LogP contribution in [-0.4, -0.2) is 0 Å². The van der Waals surface area contributed by atoms with Gasteiger partial charge in [-0.2, -0.15) is 0 Å². The number of ether oxygens (including phenoxy) is 1. The lowest BCUT2D eigenvalue weighted by Crippen LogP contribution is -2.03. The Bertz CT molecular complexity index is 548. The third-order valence-corrected chi connectivity index (χ3v) is 2.94. The molecule has 0 saturated carbocycles. The minimum atomic E-state index is 0.657. The Labute approximate surface area is 125 Å². The van der Waals surface area contributed by atoms with Crippen LogP contribution in [0.15, 0.2) is 84.6 Å². The van der Waals surface area contributed by atoms with E-state index in [1.54, 1.807) is 0 Å². The van der Waals surface area contributed by atoms with Crippen molar-refractivity contribution in [3.05, 3.63) is 95.7 Å². The van der Waals surface area contributed by atoms with Crippen molar-refractivity contribution in [1.29, 1.82) is 0 Å². The van der Waals surface area contributed by atoms with E-state index in [-0.39, 0.29) is 0 Å². The fourth-order valence-corrected chi connectivity index (χ4v) is 1.96. The van der Waals surface area contributed by atoms with Crippen LogP contribution >= 0.6 is 0 Å². The molecule has 0 aromatic heterocycles. The lowest BCUT2D eigenvalue weighted by atomic mass is 10.1.